The summed E-state index contributed by atoms with van der Waals surface area (Å²) >= 11 is 0. The molecule has 0 aromatic carbocycles. The molecule has 0 amide bonds. The predicted octanol–water partition coefficient (Wildman–Crippen LogP) is 2.98. The number of aryl methyl sites for hydroxylation is 1. The van der Waals surface area contributed by atoms with Crippen molar-refractivity contribution in [3.05, 3.63) is 23.4 Å². The van der Waals surface area contributed by atoms with Crippen molar-refractivity contribution in [1.29, 1.82) is 0 Å². The number of hydrogen-bond donors (Lipinski definition) is 1. The fourth-order valence-electron chi connectivity index (χ4n) is 2.33. The third kappa shape index (κ3) is 3.43. The second kappa shape index (κ2) is 6.01. The van der Waals surface area contributed by atoms with Crippen LogP contribution in [0.2, 0.25) is 0 Å². The molecule has 3 nitrogen and oxygen atoms in total. The Hall–Kier alpha value is -1.09. The van der Waals surface area contributed by atoms with Gasteiger partial charge in [0.1, 0.15) is 6.10 Å². The number of hydrogen-bond acceptors (Lipinski definition) is 3. The van der Waals surface area contributed by atoms with Gasteiger partial charge in [-0.15, -0.1) is 0 Å². The molecule has 94 valence electrons. The molecule has 3 heteroatoms. The topological polar surface area (TPSA) is 42.4 Å². The molecule has 0 spiro atoms. The fourth-order valence-corrected chi connectivity index (χ4v) is 2.33. The Labute approximate surface area is 103 Å². The molecule has 0 radical (unpaired) electrons. The van der Waals surface area contributed by atoms with Gasteiger partial charge in [-0.2, -0.15) is 0 Å². The van der Waals surface area contributed by atoms with Crippen molar-refractivity contribution in [2.24, 2.45) is 0 Å². The van der Waals surface area contributed by atoms with Crippen LogP contribution in [0.5, 0.6) is 5.88 Å². The lowest BCUT2D eigenvalue weighted by Gasteiger charge is -2.16. The standard InChI is InChI=1S/C14H21NO2/c1-11-12(10-16)8-9-14(15-11)17-13-6-4-2-3-5-7-13/h8-9,13,16H,2-7,10H2,1H3. The van der Waals surface area contributed by atoms with Crippen LogP contribution in [0.3, 0.4) is 0 Å². The molecular formula is C14H21NO2. The van der Waals surface area contributed by atoms with E-state index in [0.717, 1.165) is 24.1 Å². The Balaban J connectivity index is 1.99. The van der Waals surface area contributed by atoms with Gasteiger partial charge < -0.3 is 9.84 Å². The monoisotopic (exact) mass is 235 g/mol. The van der Waals surface area contributed by atoms with Gasteiger partial charge in [-0.3, -0.25) is 0 Å². The van der Waals surface area contributed by atoms with Gasteiger partial charge in [0, 0.05) is 11.8 Å². The lowest BCUT2D eigenvalue weighted by atomic mass is 10.1. The Bertz CT molecular complexity index is 357. The van der Waals surface area contributed by atoms with Crippen LogP contribution >= 0.6 is 0 Å². The van der Waals surface area contributed by atoms with Crippen molar-refractivity contribution in [2.45, 2.75) is 58.2 Å². The second-order valence-corrected chi connectivity index (χ2v) is 4.78. The van der Waals surface area contributed by atoms with Crippen LogP contribution < -0.4 is 4.74 Å². The Kier molecular flexibility index (Phi) is 4.37. The summed E-state index contributed by atoms with van der Waals surface area (Å²) < 4.78 is 5.92. The van der Waals surface area contributed by atoms with E-state index in [9.17, 15) is 0 Å². The molecule has 1 aromatic heterocycles. The van der Waals surface area contributed by atoms with Crippen LogP contribution in [-0.2, 0) is 6.61 Å². The summed E-state index contributed by atoms with van der Waals surface area (Å²) in [4.78, 5) is 4.39. The van der Waals surface area contributed by atoms with Crippen molar-refractivity contribution < 1.29 is 9.84 Å². The van der Waals surface area contributed by atoms with Gasteiger partial charge in [-0.05, 0) is 44.2 Å². The third-order valence-electron chi connectivity index (χ3n) is 3.43. The summed E-state index contributed by atoms with van der Waals surface area (Å²) in [5, 5.41) is 9.09. The largest absolute Gasteiger partial charge is 0.474 e. The first-order valence-electron chi connectivity index (χ1n) is 6.53. The van der Waals surface area contributed by atoms with E-state index in [2.05, 4.69) is 4.98 Å². The summed E-state index contributed by atoms with van der Waals surface area (Å²) in [5.74, 6) is 0.701. The molecule has 0 atom stereocenters. The van der Waals surface area contributed by atoms with E-state index in [4.69, 9.17) is 9.84 Å². The number of rotatable bonds is 3. The maximum Gasteiger partial charge on any atom is 0.213 e. The molecule has 1 saturated carbocycles. The molecule has 1 fully saturated rings. The first-order valence-corrected chi connectivity index (χ1v) is 6.53. The van der Waals surface area contributed by atoms with Crippen LogP contribution in [0.1, 0.15) is 49.8 Å². The quantitative estimate of drug-likeness (QED) is 0.819. The van der Waals surface area contributed by atoms with E-state index in [-0.39, 0.29) is 6.61 Å². The minimum atomic E-state index is 0.0442. The van der Waals surface area contributed by atoms with E-state index < -0.39 is 0 Å². The summed E-state index contributed by atoms with van der Waals surface area (Å²) in [6.45, 7) is 1.95. The highest BCUT2D eigenvalue weighted by molar-refractivity contribution is 5.24. The smallest absolute Gasteiger partial charge is 0.213 e. The molecule has 1 N–H and O–H groups in total. The van der Waals surface area contributed by atoms with Gasteiger partial charge in [-0.25, -0.2) is 4.98 Å². The van der Waals surface area contributed by atoms with E-state index in [1.807, 2.05) is 19.1 Å². The highest BCUT2D eigenvalue weighted by Gasteiger charge is 2.14. The van der Waals surface area contributed by atoms with Gasteiger partial charge in [0.05, 0.1) is 6.61 Å². The fraction of sp³-hybridized carbons (Fsp3) is 0.643. The summed E-state index contributed by atoms with van der Waals surface area (Å²) in [5.41, 5.74) is 1.73. The van der Waals surface area contributed by atoms with Gasteiger partial charge in [0.15, 0.2) is 0 Å². The number of ether oxygens (including phenoxy) is 1. The second-order valence-electron chi connectivity index (χ2n) is 4.78. The lowest BCUT2D eigenvalue weighted by molar-refractivity contribution is 0.175. The van der Waals surface area contributed by atoms with Crippen molar-refractivity contribution in [3.8, 4) is 5.88 Å². The van der Waals surface area contributed by atoms with Crippen LogP contribution in [0.25, 0.3) is 0 Å². The number of aliphatic hydroxyl groups is 1. The van der Waals surface area contributed by atoms with E-state index in [1.165, 1.54) is 25.7 Å². The zero-order valence-electron chi connectivity index (χ0n) is 10.5. The molecule has 1 aliphatic rings. The Morgan fingerprint density at radius 1 is 1.24 bits per heavy atom. The maximum absolute atomic E-state index is 9.09. The summed E-state index contributed by atoms with van der Waals surface area (Å²) in [7, 11) is 0. The Morgan fingerprint density at radius 3 is 2.53 bits per heavy atom. The molecule has 0 aliphatic heterocycles. The summed E-state index contributed by atoms with van der Waals surface area (Å²) in [6, 6.07) is 3.76. The van der Waals surface area contributed by atoms with Crippen LogP contribution in [0, 0.1) is 6.92 Å². The lowest BCUT2D eigenvalue weighted by Crippen LogP contribution is -2.16. The highest BCUT2D eigenvalue weighted by atomic mass is 16.5. The number of aliphatic hydroxyl groups excluding tert-OH is 1. The van der Waals surface area contributed by atoms with E-state index >= 15 is 0 Å². The van der Waals surface area contributed by atoms with E-state index in [0.29, 0.717) is 12.0 Å². The number of pyridine rings is 1. The first-order chi connectivity index (χ1) is 8.29. The van der Waals surface area contributed by atoms with Gasteiger partial charge >= 0.3 is 0 Å². The minimum Gasteiger partial charge on any atom is -0.474 e. The molecule has 17 heavy (non-hydrogen) atoms. The van der Waals surface area contributed by atoms with Gasteiger partial charge in [0.25, 0.3) is 0 Å². The molecule has 1 heterocycles. The first kappa shape index (κ1) is 12.4. The molecule has 1 aromatic rings. The SMILES string of the molecule is Cc1nc(OC2CCCCCC2)ccc1CO. The number of aromatic nitrogens is 1. The molecule has 2 rings (SSSR count). The molecule has 0 saturated heterocycles. The third-order valence-corrected chi connectivity index (χ3v) is 3.43. The molecule has 0 bridgehead atoms. The van der Waals surface area contributed by atoms with E-state index in [1.54, 1.807) is 0 Å². The van der Waals surface area contributed by atoms with Crippen molar-refractivity contribution in [3.63, 3.8) is 0 Å². The van der Waals surface area contributed by atoms with Crippen LogP contribution in [0.4, 0.5) is 0 Å². The Morgan fingerprint density at radius 2 is 1.94 bits per heavy atom. The van der Waals surface area contributed by atoms with Crippen molar-refractivity contribution in [1.82, 2.24) is 4.98 Å². The predicted molar refractivity (Wildman–Crippen MR) is 67.0 cm³/mol. The summed E-state index contributed by atoms with van der Waals surface area (Å²) in [6.07, 6.45) is 7.79. The normalized spacial score (nSPS) is 17.8. The average molecular weight is 235 g/mol. The molecule has 0 unspecified atom stereocenters. The van der Waals surface area contributed by atoms with Gasteiger partial charge in [0.2, 0.25) is 5.88 Å². The van der Waals surface area contributed by atoms with Crippen LogP contribution in [0.15, 0.2) is 12.1 Å². The number of nitrogens with zero attached hydrogens (tertiary/aromatic N) is 1. The molecule has 1 aliphatic carbocycles. The zero-order chi connectivity index (χ0) is 12.1. The van der Waals surface area contributed by atoms with Gasteiger partial charge in [-0.1, -0.05) is 12.8 Å². The van der Waals surface area contributed by atoms with Crippen LogP contribution in [-0.4, -0.2) is 16.2 Å². The highest BCUT2D eigenvalue weighted by Crippen LogP contribution is 2.22. The van der Waals surface area contributed by atoms with Crippen molar-refractivity contribution >= 4 is 0 Å². The van der Waals surface area contributed by atoms with Crippen molar-refractivity contribution in [2.75, 3.05) is 0 Å². The molecular weight excluding hydrogens is 214 g/mol. The minimum absolute atomic E-state index is 0.0442. The maximum atomic E-state index is 9.09. The average Bonchev–Trinajstić information content (AvgIpc) is 2.58. The zero-order valence-corrected chi connectivity index (χ0v) is 10.5.